The summed E-state index contributed by atoms with van der Waals surface area (Å²) in [6.45, 7) is 2.40. The van der Waals surface area contributed by atoms with Gasteiger partial charge in [0.25, 0.3) is 5.91 Å². The number of aliphatic imine (C=N–C) groups is 1. The van der Waals surface area contributed by atoms with Crippen molar-refractivity contribution < 1.29 is 18.7 Å². The number of hydrogen-bond acceptors (Lipinski definition) is 8. The Morgan fingerprint density at radius 3 is 2.90 bits per heavy atom. The third kappa shape index (κ3) is 5.01. The van der Waals surface area contributed by atoms with Gasteiger partial charge in [0, 0.05) is 36.5 Å². The highest BCUT2D eigenvalue weighted by Gasteiger charge is 2.32. The van der Waals surface area contributed by atoms with E-state index < -0.39 is 17.3 Å². The van der Waals surface area contributed by atoms with Crippen LogP contribution in [0.1, 0.15) is 29.4 Å². The van der Waals surface area contributed by atoms with Crippen molar-refractivity contribution >= 4 is 28.5 Å². The third-order valence-electron chi connectivity index (χ3n) is 4.41. The standard InChI is InChI=1S/C19H22FN5O3S/c1-19(5-10-29-18(21)25-19)13-11-12(3-4-14(13)20)24-16(26)15-17(23-7-6-22-15)28-9-8-27-2/h3-4,6-7,11H,5,8-10H2,1-2H3,(H2,21,25)(H,24,26)/t19-/m0/s1. The molecule has 154 valence electrons. The second kappa shape index (κ2) is 9.19. The molecule has 0 fully saturated rings. The Hall–Kier alpha value is -2.72. The van der Waals surface area contributed by atoms with E-state index in [1.54, 1.807) is 13.2 Å². The summed E-state index contributed by atoms with van der Waals surface area (Å²) in [4.78, 5) is 25.2. The minimum absolute atomic E-state index is 0.0250. The molecule has 1 aromatic carbocycles. The number of rotatable bonds is 7. The highest BCUT2D eigenvalue weighted by Crippen LogP contribution is 2.37. The Kier molecular flexibility index (Phi) is 6.65. The molecule has 0 aliphatic carbocycles. The molecule has 1 aliphatic heterocycles. The second-order valence-corrected chi connectivity index (χ2v) is 7.64. The van der Waals surface area contributed by atoms with Gasteiger partial charge in [-0.25, -0.2) is 14.4 Å². The van der Waals surface area contributed by atoms with Gasteiger partial charge in [0.15, 0.2) is 10.9 Å². The second-order valence-electron chi connectivity index (χ2n) is 6.52. The quantitative estimate of drug-likeness (QED) is 0.663. The number of thioether (sulfide) groups is 1. The molecule has 0 saturated heterocycles. The monoisotopic (exact) mass is 419 g/mol. The van der Waals surface area contributed by atoms with Crippen LogP contribution in [0.25, 0.3) is 0 Å². The van der Waals surface area contributed by atoms with Crippen molar-refractivity contribution in [3.05, 3.63) is 47.7 Å². The van der Waals surface area contributed by atoms with Gasteiger partial charge in [-0.1, -0.05) is 11.8 Å². The molecular formula is C19H22FN5O3S. The van der Waals surface area contributed by atoms with Crippen LogP contribution in [0.5, 0.6) is 5.88 Å². The zero-order chi connectivity index (χ0) is 20.9. The SMILES string of the molecule is COCCOc1nccnc1C(=O)Nc1ccc(F)c([C@]2(C)CCSC(N)=N2)c1. The molecule has 0 radical (unpaired) electrons. The number of anilines is 1. The Morgan fingerprint density at radius 2 is 2.14 bits per heavy atom. The van der Waals surface area contributed by atoms with Crippen LogP contribution >= 0.6 is 11.8 Å². The molecule has 0 bridgehead atoms. The van der Waals surface area contributed by atoms with Crippen molar-refractivity contribution in [2.45, 2.75) is 18.9 Å². The van der Waals surface area contributed by atoms with E-state index in [1.807, 2.05) is 6.92 Å². The fourth-order valence-electron chi connectivity index (χ4n) is 2.89. The van der Waals surface area contributed by atoms with Gasteiger partial charge in [0.05, 0.1) is 12.1 Å². The molecular weight excluding hydrogens is 397 g/mol. The van der Waals surface area contributed by atoms with E-state index in [0.717, 1.165) is 5.75 Å². The average molecular weight is 419 g/mol. The van der Waals surface area contributed by atoms with Crippen LogP contribution in [0.3, 0.4) is 0 Å². The van der Waals surface area contributed by atoms with Gasteiger partial charge in [0.2, 0.25) is 5.88 Å². The molecule has 3 rings (SSSR count). The molecule has 3 N–H and O–H groups in total. The van der Waals surface area contributed by atoms with Gasteiger partial charge in [-0.15, -0.1) is 0 Å². The molecule has 29 heavy (non-hydrogen) atoms. The molecule has 0 saturated carbocycles. The zero-order valence-corrected chi connectivity index (χ0v) is 17.0. The fourth-order valence-corrected chi connectivity index (χ4v) is 3.87. The Morgan fingerprint density at radius 1 is 1.34 bits per heavy atom. The number of carbonyl (C=O) groups is 1. The summed E-state index contributed by atoms with van der Waals surface area (Å²) in [5.74, 6) is -0.0885. The number of halogens is 1. The fraction of sp³-hybridized carbons (Fsp3) is 0.368. The lowest BCUT2D eigenvalue weighted by atomic mass is 9.89. The summed E-state index contributed by atoms with van der Waals surface area (Å²) >= 11 is 1.44. The number of amides is 1. The van der Waals surface area contributed by atoms with E-state index in [4.69, 9.17) is 15.2 Å². The number of aromatic nitrogens is 2. The van der Waals surface area contributed by atoms with E-state index in [9.17, 15) is 9.18 Å². The molecule has 1 atom stereocenters. The Labute approximate surface area is 172 Å². The molecule has 10 heteroatoms. The summed E-state index contributed by atoms with van der Waals surface area (Å²) in [6, 6.07) is 4.35. The zero-order valence-electron chi connectivity index (χ0n) is 16.1. The predicted octanol–water partition coefficient (Wildman–Crippen LogP) is 2.56. The van der Waals surface area contributed by atoms with Gasteiger partial charge < -0.3 is 20.5 Å². The lowest BCUT2D eigenvalue weighted by Gasteiger charge is -2.30. The minimum Gasteiger partial charge on any atom is -0.474 e. The number of amidine groups is 1. The van der Waals surface area contributed by atoms with E-state index in [0.29, 0.717) is 29.4 Å². The van der Waals surface area contributed by atoms with Gasteiger partial charge in [0.1, 0.15) is 12.4 Å². The number of benzene rings is 1. The minimum atomic E-state index is -0.791. The van der Waals surface area contributed by atoms with E-state index >= 15 is 0 Å². The maximum absolute atomic E-state index is 14.5. The predicted molar refractivity (Wildman–Crippen MR) is 110 cm³/mol. The number of nitrogens with two attached hydrogens (primary N) is 1. The van der Waals surface area contributed by atoms with Crippen molar-refractivity contribution in [2.75, 3.05) is 31.4 Å². The van der Waals surface area contributed by atoms with E-state index in [2.05, 4.69) is 20.3 Å². The molecule has 1 amide bonds. The number of ether oxygens (including phenoxy) is 2. The number of carbonyl (C=O) groups excluding carboxylic acids is 1. The van der Waals surface area contributed by atoms with Crippen LogP contribution in [0.2, 0.25) is 0 Å². The number of nitrogens with zero attached hydrogens (tertiary/aromatic N) is 3. The van der Waals surface area contributed by atoms with Crippen LogP contribution in [-0.4, -0.2) is 47.1 Å². The first-order valence-electron chi connectivity index (χ1n) is 8.95. The van der Waals surface area contributed by atoms with Crippen LogP contribution in [0.4, 0.5) is 10.1 Å². The maximum atomic E-state index is 14.5. The number of nitrogens with one attached hydrogen (secondary N) is 1. The molecule has 2 heterocycles. The summed E-state index contributed by atoms with van der Waals surface area (Å²) in [5, 5.41) is 3.14. The topological polar surface area (TPSA) is 112 Å². The molecule has 1 aromatic heterocycles. The average Bonchev–Trinajstić information content (AvgIpc) is 2.69. The van der Waals surface area contributed by atoms with Gasteiger partial charge in [-0.3, -0.25) is 9.79 Å². The van der Waals surface area contributed by atoms with Gasteiger partial charge in [-0.05, 0) is 31.5 Å². The Balaban J connectivity index is 1.83. The van der Waals surface area contributed by atoms with E-state index in [-0.39, 0.29) is 18.2 Å². The number of methoxy groups -OCH3 is 1. The first-order chi connectivity index (χ1) is 13.9. The van der Waals surface area contributed by atoms with E-state index in [1.165, 1.54) is 36.3 Å². The highest BCUT2D eigenvalue weighted by molar-refractivity contribution is 8.13. The third-order valence-corrected chi connectivity index (χ3v) is 5.20. The van der Waals surface area contributed by atoms with Crippen molar-refractivity contribution in [2.24, 2.45) is 10.7 Å². The molecule has 1 aliphatic rings. The number of hydrogen-bond donors (Lipinski definition) is 2. The van der Waals surface area contributed by atoms with Crippen molar-refractivity contribution in [3.63, 3.8) is 0 Å². The summed E-state index contributed by atoms with van der Waals surface area (Å²) in [7, 11) is 1.54. The smallest absolute Gasteiger partial charge is 0.279 e. The lowest BCUT2D eigenvalue weighted by Crippen LogP contribution is -2.30. The van der Waals surface area contributed by atoms with Crippen LogP contribution in [-0.2, 0) is 10.3 Å². The van der Waals surface area contributed by atoms with Crippen molar-refractivity contribution in [1.82, 2.24) is 9.97 Å². The van der Waals surface area contributed by atoms with Crippen molar-refractivity contribution in [1.29, 1.82) is 0 Å². The Bertz CT molecular complexity index is 926. The highest BCUT2D eigenvalue weighted by atomic mass is 32.2. The first-order valence-corrected chi connectivity index (χ1v) is 9.94. The first kappa shape index (κ1) is 21.0. The molecule has 8 nitrogen and oxygen atoms in total. The summed E-state index contributed by atoms with van der Waals surface area (Å²) in [6.07, 6.45) is 3.46. The van der Waals surface area contributed by atoms with Crippen LogP contribution in [0, 0.1) is 5.82 Å². The normalized spacial score (nSPS) is 18.8. The lowest BCUT2D eigenvalue weighted by molar-refractivity contribution is 0.101. The molecule has 0 spiro atoms. The maximum Gasteiger partial charge on any atom is 0.279 e. The summed E-state index contributed by atoms with van der Waals surface area (Å²) < 4.78 is 24.9. The largest absolute Gasteiger partial charge is 0.474 e. The van der Waals surface area contributed by atoms with Crippen LogP contribution in [0.15, 0.2) is 35.6 Å². The molecule has 2 aromatic rings. The van der Waals surface area contributed by atoms with Crippen molar-refractivity contribution in [3.8, 4) is 5.88 Å². The van der Waals surface area contributed by atoms with Gasteiger partial charge >= 0.3 is 0 Å². The van der Waals surface area contributed by atoms with Crippen LogP contribution < -0.4 is 15.8 Å². The molecule has 0 unspecified atom stereocenters. The summed E-state index contributed by atoms with van der Waals surface area (Å²) in [5.41, 5.74) is 5.86. The van der Waals surface area contributed by atoms with Gasteiger partial charge in [-0.2, -0.15) is 0 Å².